The van der Waals surface area contributed by atoms with Gasteiger partial charge in [0.25, 0.3) is 0 Å². The van der Waals surface area contributed by atoms with Crippen LogP contribution in [-0.4, -0.2) is 19.7 Å². The van der Waals surface area contributed by atoms with Crippen molar-refractivity contribution in [2.75, 3.05) is 19.7 Å². The second kappa shape index (κ2) is 8.04. The van der Waals surface area contributed by atoms with Gasteiger partial charge in [0.2, 0.25) is 0 Å². The number of benzene rings is 1. The lowest BCUT2D eigenvalue weighted by Gasteiger charge is -2.28. The highest BCUT2D eigenvalue weighted by molar-refractivity contribution is 9.10. The Balaban J connectivity index is 2.76. The minimum Gasteiger partial charge on any atom is -0.494 e. The highest BCUT2D eigenvalue weighted by Crippen LogP contribution is 2.36. The molecular formula is C17H28BrNO. The predicted octanol–water partition coefficient (Wildman–Crippen LogP) is 4.76. The average molecular weight is 342 g/mol. The van der Waals surface area contributed by atoms with Crippen molar-refractivity contribution in [1.29, 1.82) is 0 Å². The number of rotatable bonds is 8. The topological polar surface area (TPSA) is 21.3 Å². The first-order valence-corrected chi connectivity index (χ1v) is 8.29. The van der Waals surface area contributed by atoms with Gasteiger partial charge in [-0.3, -0.25) is 0 Å². The summed E-state index contributed by atoms with van der Waals surface area (Å²) in [4.78, 5) is 0. The van der Waals surface area contributed by atoms with Gasteiger partial charge < -0.3 is 10.1 Å². The van der Waals surface area contributed by atoms with E-state index >= 15 is 0 Å². The molecule has 0 atom stereocenters. The van der Waals surface area contributed by atoms with Crippen LogP contribution in [0.4, 0.5) is 0 Å². The Hall–Kier alpha value is -0.540. The number of nitrogens with one attached hydrogen (secondary N) is 1. The van der Waals surface area contributed by atoms with Gasteiger partial charge in [-0.15, -0.1) is 0 Å². The fourth-order valence-electron chi connectivity index (χ4n) is 2.24. The molecule has 3 heteroatoms. The van der Waals surface area contributed by atoms with Crippen molar-refractivity contribution in [3.63, 3.8) is 0 Å². The van der Waals surface area contributed by atoms with Gasteiger partial charge in [0, 0.05) is 10.0 Å². The molecule has 1 N–H and O–H groups in total. The fraction of sp³-hybridized carbons (Fsp3) is 0.647. The minimum atomic E-state index is 0.0955. The summed E-state index contributed by atoms with van der Waals surface area (Å²) in [6, 6.07) is 6.29. The normalized spacial score (nSPS) is 11.9. The van der Waals surface area contributed by atoms with E-state index in [9.17, 15) is 0 Å². The first kappa shape index (κ1) is 17.5. The molecule has 0 fully saturated rings. The largest absolute Gasteiger partial charge is 0.494 e. The number of hydrogen-bond acceptors (Lipinski definition) is 2. The van der Waals surface area contributed by atoms with Gasteiger partial charge >= 0.3 is 0 Å². The van der Waals surface area contributed by atoms with Gasteiger partial charge in [0.15, 0.2) is 0 Å². The number of hydrogen-bond donors (Lipinski definition) is 1. The molecule has 1 aromatic carbocycles. The van der Waals surface area contributed by atoms with Crippen molar-refractivity contribution in [1.82, 2.24) is 5.32 Å². The third-order valence-corrected chi connectivity index (χ3v) is 3.94. The maximum atomic E-state index is 5.78. The SMILES string of the molecule is CCOc1ccc(Br)cc1C(C)(C)CCNCC(C)C. The van der Waals surface area contributed by atoms with Crippen molar-refractivity contribution in [2.45, 2.75) is 46.5 Å². The van der Waals surface area contributed by atoms with Gasteiger partial charge in [-0.2, -0.15) is 0 Å². The second-order valence-corrected chi connectivity index (χ2v) is 7.22. The molecule has 0 spiro atoms. The molecular weight excluding hydrogens is 314 g/mol. The van der Waals surface area contributed by atoms with Crippen LogP contribution in [0.15, 0.2) is 22.7 Å². The Morgan fingerprint density at radius 3 is 2.60 bits per heavy atom. The fourth-order valence-corrected chi connectivity index (χ4v) is 2.60. The Morgan fingerprint density at radius 1 is 1.30 bits per heavy atom. The summed E-state index contributed by atoms with van der Waals surface area (Å²) in [5, 5.41) is 3.52. The van der Waals surface area contributed by atoms with E-state index in [1.54, 1.807) is 0 Å². The summed E-state index contributed by atoms with van der Waals surface area (Å²) >= 11 is 3.57. The van der Waals surface area contributed by atoms with Crippen LogP contribution in [0, 0.1) is 5.92 Å². The van der Waals surface area contributed by atoms with Crippen LogP contribution in [0.5, 0.6) is 5.75 Å². The highest BCUT2D eigenvalue weighted by atomic mass is 79.9. The van der Waals surface area contributed by atoms with Gasteiger partial charge in [0.1, 0.15) is 5.75 Å². The Labute approximate surface area is 132 Å². The lowest BCUT2D eigenvalue weighted by molar-refractivity contribution is 0.324. The van der Waals surface area contributed by atoms with Gasteiger partial charge in [-0.05, 0) is 56.0 Å². The van der Waals surface area contributed by atoms with E-state index in [1.165, 1.54) is 5.56 Å². The third-order valence-electron chi connectivity index (χ3n) is 3.45. The summed E-state index contributed by atoms with van der Waals surface area (Å²) in [6.07, 6.45) is 1.09. The van der Waals surface area contributed by atoms with Crippen LogP contribution in [0.1, 0.15) is 46.6 Å². The smallest absolute Gasteiger partial charge is 0.123 e. The quantitative estimate of drug-likeness (QED) is 0.688. The molecule has 1 rings (SSSR count). The van der Waals surface area contributed by atoms with E-state index in [2.05, 4.69) is 61.1 Å². The lowest BCUT2D eigenvalue weighted by Crippen LogP contribution is -2.28. The summed E-state index contributed by atoms with van der Waals surface area (Å²) in [6.45, 7) is 13.9. The first-order chi connectivity index (χ1) is 9.36. The van der Waals surface area contributed by atoms with Crippen LogP contribution in [0.25, 0.3) is 0 Å². The van der Waals surface area contributed by atoms with Gasteiger partial charge in [-0.25, -0.2) is 0 Å². The molecule has 0 saturated heterocycles. The molecule has 0 saturated carbocycles. The van der Waals surface area contributed by atoms with E-state index in [4.69, 9.17) is 4.74 Å². The maximum Gasteiger partial charge on any atom is 0.123 e. The molecule has 20 heavy (non-hydrogen) atoms. The van der Waals surface area contributed by atoms with Crippen LogP contribution < -0.4 is 10.1 Å². The van der Waals surface area contributed by atoms with E-state index in [0.717, 1.165) is 29.7 Å². The molecule has 0 amide bonds. The number of halogens is 1. The third kappa shape index (κ3) is 5.45. The maximum absolute atomic E-state index is 5.78. The molecule has 0 radical (unpaired) electrons. The monoisotopic (exact) mass is 341 g/mol. The van der Waals surface area contributed by atoms with Crippen molar-refractivity contribution in [2.24, 2.45) is 5.92 Å². The Bertz CT molecular complexity index is 415. The summed E-state index contributed by atoms with van der Waals surface area (Å²) in [5.74, 6) is 1.70. The van der Waals surface area contributed by atoms with Crippen molar-refractivity contribution >= 4 is 15.9 Å². The lowest BCUT2D eigenvalue weighted by atomic mass is 9.81. The molecule has 2 nitrogen and oxygen atoms in total. The van der Waals surface area contributed by atoms with Crippen LogP contribution in [0.3, 0.4) is 0 Å². The van der Waals surface area contributed by atoms with Crippen molar-refractivity contribution < 1.29 is 4.74 Å². The van der Waals surface area contributed by atoms with Crippen LogP contribution >= 0.6 is 15.9 Å². The van der Waals surface area contributed by atoms with Gasteiger partial charge in [0.05, 0.1) is 6.61 Å². The average Bonchev–Trinajstić information content (AvgIpc) is 2.37. The second-order valence-electron chi connectivity index (χ2n) is 6.31. The molecule has 0 bridgehead atoms. The highest BCUT2D eigenvalue weighted by Gasteiger charge is 2.24. The van der Waals surface area contributed by atoms with E-state index < -0.39 is 0 Å². The zero-order valence-electron chi connectivity index (χ0n) is 13.4. The zero-order valence-corrected chi connectivity index (χ0v) is 15.0. The zero-order chi connectivity index (χ0) is 15.2. The standard InChI is InChI=1S/C17H28BrNO/c1-6-20-16-8-7-14(18)11-15(16)17(4,5)9-10-19-12-13(2)3/h7-8,11,13,19H,6,9-10,12H2,1-5H3. The van der Waals surface area contributed by atoms with Crippen LogP contribution in [-0.2, 0) is 5.41 Å². The summed E-state index contributed by atoms with van der Waals surface area (Å²) < 4.78 is 6.89. The molecule has 1 aromatic rings. The Kier molecular flexibility index (Phi) is 7.04. The van der Waals surface area contributed by atoms with Crippen LogP contribution in [0.2, 0.25) is 0 Å². The number of ether oxygens (including phenoxy) is 1. The summed E-state index contributed by atoms with van der Waals surface area (Å²) in [7, 11) is 0. The summed E-state index contributed by atoms with van der Waals surface area (Å²) in [5.41, 5.74) is 1.37. The minimum absolute atomic E-state index is 0.0955. The van der Waals surface area contributed by atoms with Gasteiger partial charge in [-0.1, -0.05) is 43.6 Å². The van der Waals surface area contributed by atoms with Crippen molar-refractivity contribution in [3.8, 4) is 5.75 Å². The Morgan fingerprint density at radius 2 is 2.00 bits per heavy atom. The predicted molar refractivity (Wildman–Crippen MR) is 90.7 cm³/mol. The molecule has 0 aliphatic rings. The van der Waals surface area contributed by atoms with E-state index in [-0.39, 0.29) is 5.41 Å². The van der Waals surface area contributed by atoms with E-state index in [1.807, 2.05) is 13.0 Å². The molecule has 0 heterocycles. The molecule has 0 aliphatic carbocycles. The molecule has 0 aromatic heterocycles. The molecule has 114 valence electrons. The van der Waals surface area contributed by atoms with E-state index in [0.29, 0.717) is 12.5 Å². The first-order valence-electron chi connectivity index (χ1n) is 7.50. The van der Waals surface area contributed by atoms with Crippen molar-refractivity contribution in [3.05, 3.63) is 28.2 Å². The molecule has 0 unspecified atom stereocenters. The molecule has 0 aliphatic heterocycles.